The Kier molecular flexibility index (Phi) is 6.26. The number of sulfonamides is 1. The van der Waals surface area contributed by atoms with Crippen LogP contribution in [0.5, 0.6) is 0 Å². The molecule has 2 rings (SSSR count). The van der Waals surface area contributed by atoms with Gasteiger partial charge in [-0.3, -0.25) is 4.72 Å². The van der Waals surface area contributed by atoms with Gasteiger partial charge in [-0.1, -0.05) is 39.3 Å². The Bertz CT molecular complexity index is 736. The molecule has 0 aromatic heterocycles. The predicted octanol–water partition coefficient (Wildman–Crippen LogP) is 4.82. The van der Waals surface area contributed by atoms with Crippen LogP contribution < -0.4 is 10.0 Å². The summed E-state index contributed by atoms with van der Waals surface area (Å²) in [5.74, 6) is 0.377. The van der Waals surface area contributed by atoms with Crippen LogP contribution in [-0.2, 0) is 10.0 Å². The van der Waals surface area contributed by atoms with Gasteiger partial charge in [-0.25, -0.2) is 8.42 Å². The molecule has 0 fully saturated rings. The molecule has 2 aromatic rings. The fraction of sp³-hybridized carbons (Fsp3) is 0.368. The molecule has 4 nitrogen and oxygen atoms in total. The molecule has 0 radical (unpaired) electrons. The van der Waals surface area contributed by atoms with Crippen LogP contribution in [0.25, 0.3) is 0 Å². The third kappa shape index (κ3) is 4.99. The van der Waals surface area contributed by atoms with Gasteiger partial charge < -0.3 is 5.32 Å². The van der Waals surface area contributed by atoms with Crippen molar-refractivity contribution >= 4 is 21.4 Å². The second kappa shape index (κ2) is 8.20. The fourth-order valence-corrected chi connectivity index (χ4v) is 3.37. The van der Waals surface area contributed by atoms with Gasteiger partial charge in [0.15, 0.2) is 0 Å². The molecule has 0 amide bonds. The van der Waals surface area contributed by atoms with Crippen LogP contribution in [0.1, 0.15) is 45.1 Å². The van der Waals surface area contributed by atoms with E-state index in [-0.39, 0.29) is 4.90 Å². The highest BCUT2D eigenvalue weighted by molar-refractivity contribution is 7.92. The van der Waals surface area contributed by atoms with E-state index in [2.05, 4.69) is 30.8 Å². The van der Waals surface area contributed by atoms with E-state index < -0.39 is 10.0 Å². The first-order valence-electron chi connectivity index (χ1n) is 8.39. The van der Waals surface area contributed by atoms with Crippen LogP contribution in [0, 0.1) is 0 Å². The summed E-state index contributed by atoms with van der Waals surface area (Å²) in [7, 11) is -3.56. The van der Waals surface area contributed by atoms with E-state index in [0.717, 1.165) is 30.6 Å². The van der Waals surface area contributed by atoms with Crippen LogP contribution in [0.4, 0.5) is 11.4 Å². The summed E-state index contributed by atoms with van der Waals surface area (Å²) in [6.07, 6.45) is 2.25. The third-order valence-electron chi connectivity index (χ3n) is 3.85. The molecule has 0 aliphatic heterocycles. The standard InChI is InChI=1S/C19H26N2O2S/c1-4-5-14-20-17-8-10-18(11-9-17)21-24(22,23)19-12-6-16(7-13-19)15(2)3/h6-13,15,20-21H,4-5,14H2,1-3H3. The molecule has 0 spiro atoms. The second-order valence-corrected chi connectivity index (χ2v) is 7.87. The Morgan fingerprint density at radius 2 is 1.50 bits per heavy atom. The SMILES string of the molecule is CCCCNc1ccc(NS(=O)(=O)c2ccc(C(C)C)cc2)cc1. The first-order chi connectivity index (χ1) is 11.4. The lowest BCUT2D eigenvalue weighted by molar-refractivity contribution is 0.601. The van der Waals surface area contributed by atoms with Crippen molar-refractivity contribution in [3.8, 4) is 0 Å². The van der Waals surface area contributed by atoms with Gasteiger partial charge in [0.2, 0.25) is 0 Å². The summed E-state index contributed by atoms with van der Waals surface area (Å²) in [5, 5.41) is 3.31. The fourth-order valence-electron chi connectivity index (χ4n) is 2.31. The smallest absolute Gasteiger partial charge is 0.261 e. The van der Waals surface area contributed by atoms with Gasteiger partial charge in [0.1, 0.15) is 0 Å². The van der Waals surface area contributed by atoms with Crippen molar-refractivity contribution in [3.63, 3.8) is 0 Å². The van der Waals surface area contributed by atoms with E-state index in [1.165, 1.54) is 0 Å². The van der Waals surface area contributed by atoms with Crippen molar-refractivity contribution in [2.24, 2.45) is 0 Å². The van der Waals surface area contributed by atoms with E-state index >= 15 is 0 Å². The van der Waals surface area contributed by atoms with Crippen molar-refractivity contribution < 1.29 is 8.42 Å². The zero-order valence-electron chi connectivity index (χ0n) is 14.5. The Hall–Kier alpha value is -2.01. The topological polar surface area (TPSA) is 58.2 Å². The normalized spacial score (nSPS) is 11.5. The highest BCUT2D eigenvalue weighted by atomic mass is 32.2. The van der Waals surface area contributed by atoms with E-state index in [1.54, 1.807) is 24.3 Å². The number of hydrogen-bond acceptors (Lipinski definition) is 3. The molecule has 0 heterocycles. The maximum Gasteiger partial charge on any atom is 0.261 e. The molecule has 2 N–H and O–H groups in total. The number of hydrogen-bond donors (Lipinski definition) is 2. The molecule has 0 saturated carbocycles. The van der Waals surface area contributed by atoms with Gasteiger partial charge in [-0.2, -0.15) is 0 Å². The zero-order chi connectivity index (χ0) is 17.6. The van der Waals surface area contributed by atoms with Gasteiger partial charge in [0.05, 0.1) is 4.90 Å². The third-order valence-corrected chi connectivity index (χ3v) is 5.25. The molecule has 130 valence electrons. The summed E-state index contributed by atoms with van der Waals surface area (Å²) in [6.45, 7) is 7.23. The summed E-state index contributed by atoms with van der Waals surface area (Å²) in [4.78, 5) is 0.275. The lowest BCUT2D eigenvalue weighted by Crippen LogP contribution is -2.13. The summed E-state index contributed by atoms with van der Waals surface area (Å²) < 4.78 is 27.5. The van der Waals surface area contributed by atoms with Crippen molar-refractivity contribution in [2.75, 3.05) is 16.6 Å². The number of anilines is 2. The van der Waals surface area contributed by atoms with Crippen LogP contribution in [0.15, 0.2) is 53.4 Å². The molecule has 24 heavy (non-hydrogen) atoms. The maximum atomic E-state index is 12.5. The molecule has 0 unspecified atom stereocenters. The highest BCUT2D eigenvalue weighted by Crippen LogP contribution is 2.21. The maximum absolute atomic E-state index is 12.5. The minimum absolute atomic E-state index is 0.275. The van der Waals surface area contributed by atoms with Crippen molar-refractivity contribution in [1.29, 1.82) is 0 Å². The largest absolute Gasteiger partial charge is 0.385 e. The monoisotopic (exact) mass is 346 g/mol. The van der Waals surface area contributed by atoms with Crippen molar-refractivity contribution in [3.05, 3.63) is 54.1 Å². The van der Waals surface area contributed by atoms with Crippen molar-refractivity contribution in [1.82, 2.24) is 0 Å². The van der Waals surface area contributed by atoms with Gasteiger partial charge in [0.25, 0.3) is 10.0 Å². The molecule has 5 heteroatoms. The number of nitrogens with one attached hydrogen (secondary N) is 2. The average molecular weight is 346 g/mol. The Morgan fingerprint density at radius 3 is 2.04 bits per heavy atom. The van der Waals surface area contributed by atoms with E-state index in [4.69, 9.17) is 0 Å². The summed E-state index contributed by atoms with van der Waals surface area (Å²) in [5.41, 5.74) is 2.67. The van der Waals surface area contributed by atoms with Gasteiger partial charge in [-0.15, -0.1) is 0 Å². The summed E-state index contributed by atoms with van der Waals surface area (Å²) in [6, 6.07) is 14.3. The molecular weight excluding hydrogens is 320 g/mol. The van der Waals surface area contributed by atoms with Crippen molar-refractivity contribution in [2.45, 2.75) is 44.4 Å². The van der Waals surface area contributed by atoms with E-state index in [1.807, 2.05) is 24.3 Å². The average Bonchev–Trinajstić information content (AvgIpc) is 2.56. The lowest BCUT2D eigenvalue weighted by Gasteiger charge is -2.11. The minimum Gasteiger partial charge on any atom is -0.385 e. The molecule has 0 aliphatic carbocycles. The Balaban J connectivity index is 2.05. The first kappa shape index (κ1) is 18.3. The van der Waals surface area contributed by atoms with Gasteiger partial charge in [-0.05, 0) is 54.3 Å². The molecule has 0 aliphatic rings. The highest BCUT2D eigenvalue weighted by Gasteiger charge is 2.14. The first-order valence-corrected chi connectivity index (χ1v) is 9.87. The lowest BCUT2D eigenvalue weighted by atomic mass is 10.0. The molecule has 0 saturated heterocycles. The second-order valence-electron chi connectivity index (χ2n) is 6.19. The van der Waals surface area contributed by atoms with Crippen LogP contribution in [0.3, 0.4) is 0 Å². The Labute approximate surface area is 145 Å². The molecular formula is C19H26N2O2S. The molecule has 2 aromatic carbocycles. The Morgan fingerprint density at radius 1 is 0.917 bits per heavy atom. The number of benzene rings is 2. The summed E-state index contributed by atoms with van der Waals surface area (Å²) >= 11 is 0. The zero-order valence-corrected chi connectivity index (χ0v) is 15.4. The number of rotatable bonds is 8. The van der Waals surface area contributed by atoms with Gasteiger partial charge >= 0.3 is 0 Å². The predicted molar refractivity (Wildman–Crippen MR) is 101 cm³/mol. The van der Waals surface area contributed by atoms with E-state index in [0.29, 0.717) is 11.6 Å². The quantitative estimate of drug-likeness (QED) is 0.674. The van der Waals surface area contributed by atoms with Gasteiger partial charge in [0, 0.05) is 17.9 Å². The molecule has 0 bridgehead atoms. The van der Waals surface area contributed by atoms with E-state index in [9.17, 15) is 8.42 Å². The minimum atomic E-state index is -3.56. The number of unbranched alkanes of at least 4 members (excludes halogenated alkanes) is 1. The molecule has 0 atom stereocenters. The van der Waals surface area contributed by atoms with Crippen LogP contribution in [-0.4, -0.2) is 15.0 Å². The van der Waals surface area contributed by atoms with Crippen LogP contribution in [0.2, 0.25) is 0 Å². The van der Waals surface area contributed by atoms with Crippen LogP contribution >= 0.6 is 0 Å².